The zero-order valence-electron chi connectivity index (χ0n) is 12.8. The molecule has 22 heavy (non-hydrogen) atoms. The number of thiol groups is 1. The van der Waals surface area contributed by atoms with Gasteiger partial charge < -0.3 is 5.32 Å². The summed E-state index contributed by atoms with van der Waals surface area (Å²) in [6.07, 6.45) is 6.19. The van der Waals surface area contributed by atoms with Crippen molar-refractivity contribution < 1.29 is 4.79 Å². The maximum absolute atomic E-state index is 12.3. The van der Waals surface area contributed by atoms with Crippen LogP contribution in [0.2, 0.25) is 0 Å². The summed E-state index contributed by atoms with van der Waals surface area (Å²) in [5, 5.41) is 11.4. The van der Waals surface area contributed by atoms with Gasteiger partial charge in [0, 0.05) is 16.1 Å². The summed E-state index contributed by atoms with van der Waals surface area (Å²) < 4.78 is 0. The number of hydrogen-bond acceptors (Lipinski definition) is 4. The fraction of sp³-hybridized carbons (Fsp3) is 0.529. The molecule has 0 heterocycles. The van der Waals surface area contributed by atoms with Crippen molar-refractivity contribution in [3.63, 3.8) is 0 Å². The molecule has 1 saturated carbocycles. The van der Waals surface area contributed by atoms with Crippen LogP contribution < -0.4 is 5.32 Å². The van der Waals surface area contributed by atoms with Crippen LogP contribution in [0.3, 0.4) is 0 Å². The second-order valence-corrected chi connectivity index (χ2v) is 7.08. The minimum Gasteiger partial charge on any atom is -0.343 e. The maximum atomic E-state index is 12.3. The molecule has 0 saturated heterocycles. The molecule has 0 aromatic heterocycles. The monoisotopic (exact) mass is 334 g/mol. The van der Waals surface area contributed by atoms with E-state index in [1.165, 1.54) is 10.5 Å². The number of hydrogen-bond donors (Lipinski definition) is 2. The molecular weight excluding hydrogens is 312 g/mol. The van der Waals surface area contributed by atoms with Crippen molar-refractivity contribution in [1.82, 2.24) is 5.32 Å². The largest absolute Gasteiger partial charge is 0.343 e. The van der Waals surface area contributed by atoms with Gasteiger partial charge in [0.1, 0.15) is 6.54 Å². The molecule has 0 radical (unpaired) electrons. The number of carbonyl (C=O) groups is 1. The molecule has 1 unspecified atom stereocenters. The van der Waals surface area contributed by atoms with E-state index in [0.29, 0.717) is 0 Å². The minimum absolute atomic E-state index is 0.00559. The average molecular weight is 335 g/mol. The van der Waals surface area contributed by atoms with E-state index in [-0.39, 0.29) is 29.5 Å². The fourth-order valence-corrected chi connectivity index (χ4v) is 4.11. The lowest BCUT2D eigenvalue weighted by Gasteiger charge is -2.34. The molecular formula is C17H22N2OS2. The van der Waals surface area contributed by atoms with Gasteiger partial charge in [0.15, 0.2) is 0 Å². The molecule has 0 bridgehead atoms. The Labute approximate surface area is 142 Å². The lowest BCUT2D eigenvalue weighted by atomic mass is 9.75. The number of amides is 1. The van der Waals surface area contributed by atoms with Crippen molar-refractivity contribution in [3.8, 4) is 6.07 Å². The van der Waals surface area contributed by atoms with Gasteiger partial charge in [-0.3, -0.25) is 4.79 Å². The maximum Gasteiger partial charge on any atom is 0.224 e. The van der Waals surface area contributed by atoms with Crippen molar-refractivity contribution in [1.29, 1.82) is 5.26 Å². The Morgan fingerprint density at radius 2 is 2.09 bits per heavy atom. The van der Waals surface area contributed by atoms with Gasteiger partial charge in [0.05, 0.1) is 6.07 Å². The predicted molar refractivity (Wildman–Crippen MR) is 94.0 cm³/mol. The third-order valence-electron chi connectivity index (χ3n) is 4.36. The van der Waals surface area contributed by atoms with Gasteiger partial charge in [-0.05, 0) is 42.7 Å². The molecule has 2 rings (SSSR count). The van der Waals surface area contributed by atoms with Crippen molar-refractivity contribution >= 4 is 30.3 Å². The standard InChI is InChI=1S/C17H22N2OS2/c1-22-13-8-6-12(7-9-13)16(21)14-4-2-3-5-15(14)17(20)19-11-10-18/h6-9,14-16,21H,2-5,11H2,1H3,(H,19,20)/t14-,15-,16?/m0/s1. The first-order valence-corrected chi connectivity index (χ1v) is 9.38. The van der Waals surface area contributed by atoms with E-state index < -0.39 is 0 Å². The Hall–Kier alpha value is -1.12. The summed E-state index contributed by atoms with van der Waals surface area (Å²) in [6, 6.07) is 10.4. The summed E-state index contributed by atoms with van der Waals surface area (Å²) in [7, 11) is 0. The zero-order chi connectivity index (χ0) is 15.9. The van der Waals surface area contributed by atoms with Crippen LogP contribution in [0.25, 0.3) is 0 Å². The second-order valence-electron chi connectivity index (χ2n) is 5.65. The molecule has 3 nitrogen and oxygen atoms in total. The van der Waals surface area contributed by atoms with E-state index in [1.54, 1.807) is 11.8 Å². The van der Waals surface area contributed by atoms with Crippen LogP contribution in [0.4, 0.5) is 0 Å². The Bertz CT molecular complexity index is 539. The quantitative estimate of drug-likeness (QED) is 0.489. The molecule has 1 aromatic carbocycles. The molecule has 1 aliphatic carbocycles. The molecule has 0 spiro atoms. The van der Waals surface area contributed by atoms with E-state index in [4.69, 9.17) is 17.9 Å². The number of nitrogens with one attached hydrogen (secondary N) is 1. The predicted octanol–water partition coefficient (Wildman–Crippen LogP) is 3.83. The number of nitrogens with zero attached hydrogens (tertiary/aromatic N) is 1. The molecule has 5 heteroatoms. The van der Waals surface area contributed by atoms with Gasteiger partial charge in [-0.25, -0.2) is 0 Å². The minimum atomic E-state index is -0.0372. The Morgan fingerprint density at radius 1 is 1.41 bits per heavy atom. The molecule has 118 valence electrons. The van der Waals surface area contributed by atoms with Crippen molar-refractivity contribution in [2.45, 2.75) is 35.8 Å². The third kappa shape index (κ3) is 4.21. The van der Waals surface area contributed by atoms with Gasteiger partial charge in [0.25, 0.3) is 0 Å². The fourth-order valence-electron chi connectivity index (χ4n) is 3.17. The number of benzene rings is 1. The van der Waals surface area contributed by atoms with Crippen molar-refractivity contribution in [3.05, 3.63) is 29.8 Å². The van der Waals surface area contributed by atoms with Gasteiger partial charge in [-0.1, -0.05) is 25.0 Å². The molecule has 1 fully saturated rings. The van der Waals surface area contributed by atoms with Gasteiger partial charge >= 0.3 is 0 Å². The molecule has 1 aliphatic rings. The van der Waals surface area contributed by atoms with E-state index in [9.17, 15) is 4.79 Å². The first-order chi connectivity index (χ1) is 10.7. The summed E-state index contributed by atoms with van der Waals surface area (Å²) >= 11 is 6.54. The highest BCUT2D eigenvalue weighted by atomic mass is 32.2. The first kappa shape index (κ1) is 17.2. The molecule has 1 aromatic rings. The van der Waals surface area contributed by atoms with Crippen LogP contribution in [0, 0.1) is 23.2 Å². The summed E-state index contributed by atoms with van der Waals surface area (Å²) in [4.78, 5) is 13.5. The number of carbonyl (C=O) groups excluding carboxylic acids is 1. The highest BCUT2D eigenvalue weighted by Crippen LogP contribution is 2.42. The summed E-state index contributed by atoms with van der Waals surface area (Å²) in [5.41, 5.74) is 1.17. The van der Waals surface area contributed by atoms with Gasteiger partial charge in [-0.15, -0.1) is 11.8 Å². The van der Waals surface area contributed by atoms with Crippen molar-refractivity contribution in [2.24, 2.45) is 11.8 Å². The highest BCUT2D eigenvalue weighted by Gasteiger charge is 2.35. The van der Waals surface area contributed by atoms with Gasteiger partial charge in [0.2, 0.25) is 5.91 Å². The number of thioether (sulfide) groups is 1. The molecule has 1 amide bonds. The molecule has 1 N–H and O–H groups in total. The lowest BCUT2D eigenvalue weighted by molar-refractivity contribution is -0.127. The SMILES string of the molecule is CSc1ccc(C(S)[C@H]2CCCC[C@@H]2C(=O)NCC#N)cc1. The summed E-state index contributed by atoms with van der Waals surface area (Å²) in [6.45, 7) is 0.0850. The summed E-state index contributed by atoms with van der Waals surface area (Å²) in [5.74, 6) is 0.201. The van der Waals surface area contributed by atoms with Gasteiger partial charge in [-0.2, -0.15) is 17.9 Å². The smallest absolute Gasteiger partial charge is 0.224 e. The third-order valence-corrected chi connectivity index (χ3v) is 5.79. The topological polar surface area (TPSA) is 52.9 Å². The van der Waals surface area contributed by atoms with Crippen LogP contribution in [0.1, 0.15) is 36.5 Å². The Morgan fingerprint density at radius 3 is 2.73 bits per heavy atom. The van der Waals surface area contributed by atoms with Crippen LogP contribution in [0.5, 0.6) is 0 Å². The molecule has 0 aliphatic heterocycles. The highest BCUT2D eigenvalue weighted by molar-refractivity contribution is 7.98. The van der Waals surface area contributed by atoms with Crippen molar-refractivity contribution in [2.75, 3.05) is 12.8 Å². The number of nitriles is 1. The van der Waals surface area contributed by atoms with E-state index >= 15 is 0 Å². The van der Waals surface area contributed by atoms with Crippen LogP contribution in [-0.2, 0) is 4.79 Å². The van der Waals surface area contributed by atoms with E-state index in [0.717, 1.165) is 25.7 Å². The first-order valence-electron chi connectivity index (χ1n) is 7.64. The Balaban J connectivity index is 2.11. The Kier molecular flexibility index (Phi) is 6.66. The zero-order valence-corrected chi connectivity index (χ0v) is 14.5. The van der Waals surface area contributed by atoms with Crippen LogP contribution in [-0.4, -0.2) is 18.7 Å². The van der Waals surface area contributed by atoms with Crippen LogP contribution in [0.15, 0.2) is 29.2 Å². The molecule has 3 atom stereocenters. The van der Waals surface area contributed by atoms with E-state index in [2.05, 4.69) is 35.8 Å². The van der Waals surface area contributed by atoms with E-state index in [1.807, 2.05) is 6.07 Å². The average Bonchev–Trinajstić information content (AvgIpc) is 2.59. The van der Waals surface area contributed by atoms with Crippen LogP contribution >= 0.6 is 24.4 Å². The second kappa shape index (κ2) is 8.50. The number of rotatable bonds is 5. The normalized spacial score (nSPS) is 22.6. The lowest BCUT2D eigenvalue weighted by Crippen LogP contribution is -2.38.